The minimum atomic E-state index is -0.766. The van der Waals surface area contributed by atoms with Gasteiger partial charge in [0.25, 0.3) is 0 Å². The molecule has 0 aliphatic carbocycles. The van der Waals surface area contributed by atoms with Gasteiger partial charge < -0.3 is 10.4 Å². The molecule has 16 heavy (non-hydrogen) atoms. The van der Waals surface area contributed by atoms with Crippen molar-refractivity contribution in [2.24, 2.45) is 0 Å². The summed E-state index contributed by atoms with van der Waals surface area (Å²) in [5.41, 5.74) is 0. The molecule has 90 valence electrons. The van der Waals surface area contributed by atoms with Crippen LogP contribution in [-0.2, 0) is 22.0 Å². The van der Waals surface area contributed by atoms with Crippen molar-refractivity contribution >= 4 is 28.1 Å². The van der Waals surface area contributed by atoms with Gasteiger partial charge in [0.1, 0.15) is 0 Å². The van der Waals surface area contributed by atoms with Crippen molar-refractivity contribution in [3.8, 4) is 0 Å². The maximum absolute atomic E-state index is 10.5. The van der Waals surface area contributed by atoms with Crippen molar-refractivity contribution in [2.45, 2.75) is 6.42 Å². The summed E-state index contributed by atoms with van der Waals surface area (Å²) in [6.07, 6.45) is 0.150. The van der Waals surface area contributed by atoms with Crippen LogP contribution in [0, 0.1) is 0 Å². The summed E-state index contributed by atoms with van der Waals surface area (Å²) < 4.78 is 10.5. The van der Waals surface area contributed by atoms with Gasteiger partial charge in [0, 0.05) is 40.3 Å². The highest BCUT2D eigenvalue weighted by atomic mass is 32.2. The highest BCUT2D eigenvalue weighted by Gasteiger charge is 2.03. The molecule has 0 saturated carbocycles. The Balaban J connectivity index is 0.000000165. The lowest BCUT2D eigenvalue weighted by molar-refractivity contribution is -0.136. The topological polar surface area (TPSA) is 66.4 Å². The Morgan fingerprint density at radius 1 is 1.50 bits per heavy atom. The molecule has 4 nitrogen and oxygen atoms in total. The molecule has 6 heteroatoms. The van der Waals surface area contributed by atoms with Gasteiger partial charge in [0.2, 0.25) is 0 Å². The molecule has 0 atom stereocenters. The molecule has 2 N–H and O–H groups in total. The summed E-state index contributed by atoms with van der Waals surface area (Å²) in [4.78, 5) is 11.0. The van der Waals surface area contributed by atoms with Crippen molar-refractivity contribution in [2.75, 3.05) is 24.6 Å². The number of hydrogen-bond acceptors (Lipinski definition) is 4. The van der Waals surface area contributed by atoms with Gasteiger partial charge in [-0.25, -0.2) is 0 Å². The fourth-order valence-electron chi connectivity index (χ4n) is 1.16. The molecular formula is C10H15NO3S2. The smallest absolute Gasteiger partial charge is 0.308 e. The quantitative estimate of drug-likeness (QED) is 0.823. The molecule has 1 aliphatic rings. The van der Waals surface area contributed by atoms with Gasteiger partial charge in [-0.3, -0.25) is 9.00 Å². The minimum Gasteiger partial charge on any atom is -0.481 e. The van der Waals surface area contributed by atoms with Crippen LogP contribution in [0.25, 0.3) is 0 Å². The van der Waals surface area contributed by atoms with E-state index in [1.54, 1.807) is 0 Å². The Kier molecular flexibility index (Phi) is 6.29. The minimum absolute atomic E-state index is 0.150. The van der Waals surface area contributed by atoms with E-state index < -0.39 is 16.8 Å². The summed E-state index contributed by atoms with van der Waals surface area (Å²) in [5, 5.41) is 13.3. The van der Waals surface area contributed by atoms with E-state index in [9.17, 15) is 9.00 Å². The Morgan fingerprint density at radius 3 is 2.56 bits per heavy atom. The van der Waals surface area contributed by atoms with Crippen molar-refractivity contribution < 1.29 is 14.1 Å². The third kappa shape index (κ3) is 5.99. The molecule has 2 heterocycles. The van der Waals surface area contributed by atoms with Crippen molar-refractivity contribution in [1.82, 2.24) is 5.32 Å². The SMILES string of the molecule is O=C(O)Cc1cccs1.O=S1CCNCC1. The lowest BCUT2D eigenvalue weighted by Gasteiger charge is -2.09. The number of carbonyl (C=O) groups is 1. The molecule has 1 aromatic rings. The Hall–Kier alpha value is -0.720. The van der Waals surface area contributed by atoms with E-state index in [-0.39, 0.29) is 6.42 Å². The first-order valence-corrected chi connectivity index (χ1v) is 7.35. The second-order valence-corrected chi connectivity index (χ2v) is 5.98. The van der Waals surface area contributed by atoms with Crippen molar-refractivity contribution in [3.05, 3.63) is 22.4 Å². The van der Waals surface area contributed by atoms with Crippen LogP contribution in [-0.4, -0.2) is 39.9 Å². The summed E-state index contributed by atoms with van der Waals surface area (Å²) in [7, 11) is -0.503. The van der Waals surface area contributed by atoms with E-state index in [2.05, 4.69) is 5.32 Å². The third-order valence-electron chi connectivity index (χ3n) is 1.92. The van der Waals surface area contributed by atoms with Crippen LogP contribution in [0.4, 0.5) is 0 Å². The van der Waals surface area contributed by atoms with Gasteiger partial charge in [0.15, 0.2) is 0 Å². The lowest BCUT2D eigenvalue weighted by atomic mass is 10.3. The summed E-state index contributed by atoms with van der Waals surface area (Å²) >= 11 is 1.47. The molecule has 1 fully saturated rings. The maximum Gasteiger partial charge on any atom is 0.308 e. The number of carboxylic acids is 1. The maximum atomic E-state index is 10.5. The predicted molar refractivity (Wildman–Crippen MR) is 66.4 cm³/mol. The summed E-state index contributed by atoms with van der Waals surface area (Å²) in [6, 6.07) is 3.67. The second-order valence-electron chi connectivity index (χ2n) is 3.25. The Labute approximate surface area is 101 Å². The van der Waals surface area contributed by atoms with E-state index in [1.807, 2.05) is 17.5 Å². The first kappa shape index (κ1) is 13.3. The highest BCUT2D eigenvalue weighted by molar-refractivity contribution is 7.85. The zero-order valence-corrected chi connectivity index (χ0v) is 10.5. The van der Waals surface area contributed by atoms with Gasteiger partial charge in [0.05, 0.1) is 6.42 Å². The van der Waals surface area contributed by atoms with Crippen molar-refractivity contribution in [3.63, 3.8) is 0 Å². The zero-order valence-electron chi connectivity index (χ0n) is 8.85. The number of hydrogen-bond donors (Lipinski definition) is 2. The molecule has 0 bridgehead atoms. The average Bonchev–Trinajstić information content (AvgIpc) is 2.71. The normalized spacial score (nSPS) is 16.2. The lowest BCUT2D eigenvalue weighted by Crippen LogP contribution is -2.32. The molecular weight excluding hydrogens is 246 g/mol. The second kappa shape index (κ2) is 7.54. The average molecular weight is 261 g/mol. The summed E-state index contributed by atoms with van der Waals surface area (Å²) in [5.74, 6) is 0.928. The zero-order chi connectivity index (χ0) is 11.8. The number of carboxylic acid groups (broad SMARTS) is 1. The molecule has 1 aliphatic heterocycles. The van der Waals surface area contributed by atoms with Gasteiger partial charge in [-0.05, 0) is 11.4 Å². The fourth-order valence-corrected chi connectivity index (χ4v) is 2.81. The van der Waals surface area contributed by atoms with E-state index in [0.29, 0.717) is 0 Å². The van der Waals surface area contributed by atoms with Crippen molar-refractivity contribution in [1.29, 1.82) is 0 Å². The molecule has 0 aromatic carbocycles. The van der Waals surface area contributed by atoms with Crippen LogP contribution in [0.1, 0.15) is 4.88 Å². The standard InChI is InChI=1S/C6H6O2S.C4H9NOS/c7-6(8)4-5-2-1-3-9-5;6-7-3-1-5-2-4-7/h1-3H,4H2,(H,7,8);5H,1-4H2. The number of aliphatic carboxylic acids is 1. The molecule has 2 rings (SSSR count). The van der Waals surface area contributed by atoms with Crippen LogP contribution in [0.5, 0.6) is 0 Å². The van der Waals surface area contributed by atoms with Crippen LogP contribution in [0.15, 0.2) is 17.5 Å². The first-order chi connectivity index (χ1) is 7.68. The molecule has 0 radical (unpaired) electrons. The number of rotatable bonds is 2. The van der Waals surface area contributed by atoms with Gasteiger partial charge in [-0.1, -0.05) is 6.07 Å². The molecule has 1 aromatic heterocycles. The Morgan fingerprint density at radius 2 is 2.19 bits per heavy atom. The number of thiophene rings is 1. The van der Waals surface area contributed by atoms with E-state index in [1.165, 1.54) is 11.3 Å². The van der Waals surface area contributed by atoms with Gasteiger partial charge in [-0.15, -0.1) is 11.3 Å². The van der Waals surface area contributed by atoms with Crippen LogP contribution < -0.4 is 5.32 Å². The van der Waals surface area contributed by atoms with Gasteiger partial charge in [-0.2, -0.15) is 0 Å². The predicted octanol–water partition coefficient (Wildman–Crippen LogP) is 0.714. The molecule has 0 spiro atoms. The molecule has 0 unspecified atom stereocenters. The number of nitrogens with one attached hydrogen (secondary N) is 1. The highest BCUT2D eigenvalue weighted by Crippen LogP contribution is 2.08. The fraction of sp³-hybridized carbons (Fsp3) is 0.500. The van der Waals surface area contributed by atoms with E-state index in [4.69, 9.17) is 5.11 Å². The van der Waals surface area contributed by atoms with Crippen LogP contribution >= 0.6 is 11.3 Å². The van der Waals surface area contributed by atoms with Crippen LogP contribution in [0.2, 0.25) is 0 Å². The van der Waals surface area contributed by atoms with E-state index >= 15 is 0 Å². The van der Waals surface area contributed by atoms with Crippen LogP contribution in [0.3, 0.4) is 0 Å². The summed E-state index contributed by atoms with van der Waals surface area (Å²) in [6.45, 7) is 1.87. The first-order valence-electron chi connectivity index (χ1n) is 4.98. The van der Waals surface area contributed by atoms with E-state index in [0.717, 1.165) is 29.5 Å². The largest absolute Gasteiger partial charge is 0.481 e. The Bertz CT molecular complexity index is 330. The monoisotopic (exact) mass is 261 g/mol. The third-order valence-corrected chi connectivity index (χ3v) is 4.11. The molecule has 1 saturated heterocycles. The van der Waals surface area contributed by atoms with Gasteiger partial charge >= 0.3 is 5.97 Å². The molecule has 0 amide bonds.